The van der Waals surface area contributed by atoms with Crippen molar-refractivity contribution in [3.63, 3.8) is 0 Å². The van der Waals surface area contributed by atoms with Crippen LogP contribution in [0.5, 0.6) is 0 Å². The lowest BCUT2D eigenvalue weighted by Crippen LogP contribution is -2.50. The number of para-hydroxylation sites is 1. The van der Waals surface area contributed by atoms with Crippen molar-refractivity contribution >= 4 is 17.5 Å². The maximum atomic E-state index is 12.7. The van der Waals surface area contributed by atoms with Gasteiger partial charge in [-0.05, 0) is 50.2 Å². The van der Waals surface area contributed by atoms with Gasteiger partial charge in [0.2, 0.25) is 0 Å². The number of hydrogen-bond donors (Lipinski definition) is 1. The molecular weight excluding hydrogens is 316 g/mol. The summed E-state index contributed by atoms with van der Waals surface area (Å²) >= 11 is 0. The number of nitrogens with zero attached hydrogens (tertiary/aromatic N) is 1. The summed E-state index contributed by atoms with van der Waals surface area (Å²) in [5.74, 6) is -0.226. The number of benzene rings is 2. The van der Waals surface area contributed by atoms with Gasteiger partial charge in [0.05, 0.1) is 18.8 Å². The number of carbonyl (C=O) groups is 2. The average molecular weight is 338 g/mol. The standard InChI is InChI=1S/C20H22N2O3/c1-14-13-25-15(2)12-22(14)20(24)17-10-8-16(9-11-17)19(23)21-18-6-4-3-5-7-18/h3-11,14-15H,12-13H2,1-2H3,(H,21,23)/t14-,15+/m1/s1. The molecule has 2 aromatic rings. The Labute approximate surface area is 147 Å². The first kappa shape index (κ1) is 17.2. The molecule has 25 heavy (non-hydrogen) atoms. The van der Waals surface area contributed by atoms with E-state index in [9.17, 15) is 9.59 Å². The molecule has 0 radical (unpaired) electrons. The van der Waals surface area contributed by atoms with Crippen LogP contribution in [0.2, 0.25) is 0 Å². The zero-order chi connectivity index (χ0) is 17.8. The van der Waals surface area contributed by atoms with E-state index in [0.717, 1.165) is 5.69 Å². The summed E-state index contributed by atoms with van der Waals surface area (Å²) in [4.78, 5) is 26.8. The van der Waals surface area contributed by atoms with Crippen LogP contribution in [-0.4, -0.2) is 42.0 Å². The quantitative estimate of drug-likeness (QED) is 0.935. The van der Waals surface area contributed by atoms with Crippen molar-refractivity contribution < 1.29 is 14.3 Å². The van der Waals surface area contributed by atoms with Crippen LogP contribution in [0, 0.1) is 0 Å². The number of carbonyl (C=O) groups excluding carboxylic acids is 2. The molecule has 2 amide bonds. The lowest BCUT2D eigenvalue weighted by atomic mass is 10.1. The third kappa shape index (κ3) is 4.06. The molecule has 1 aliphatic heterocycles. The van der Waals surface area contributed by atoms with Crippen molar-refractivity contribution in [2.45, 2.75) is 26.0 Å². The maximum Gasteiger partial charge on any atom is 0.255 e. The second kappa shape index (κ2) is 7.49. The molecule has 0 spiro atoms. The number of anilines is 1. The zero-order valence-corrected chi connectivity index (χ0v) is 14.4. The predicted molar refractivity (Wildman–Crippen MR) is 96.7 cm³/mol. The monoisotopic (exact) mass is 338 g/mol. The summed E-state index contributed by atoms with van der Waals surface area (Å²) in [6.45, 7) is 5.06. The molecule has 5 heteroatoms. The lowest BCUT2D eigenvalue weighted by molar-refractivity contribution is -0.0387. The minimum Gasteiger partial charge on any atom is -0.375 e. The molecule has 2 aromatic carbocycles. The van der Waals surface area contributed by atoms with Gasteiger partial charge in [-0.1, -0.05) is 18.2 Å². The zero-order valence-electron chi connectivity index (χ0n) is 14.4. The fourth-order valence-electron chi connectivity index (χ4n) is 2.84. The van der Waals surface area contributed by atoms with Gasteiger partial charge >= 0.3 is 0 Å². The van der Waals surface area contributed by atoms with E-state index in [-0.39, 0.29) is 24.0 Å². The van der Waals surface area contributed by atoms with Crippen LogP contribution < -0.4 is 5.32 Å². The minimum absolute atomic E-state index is 0.0299. The summed E-state index contributed by atoms with van der Waals surface area (Å²) in [6.07, 6.45) is 0.0380. The van der Waals surface area contributed by atoms with Crippen LogP contribution in [0.4, 0.5) is 5.69 Å². The Morgan fingerprint density at radius 3 is 2.32 bits per heavy atom. The summed E-state index contributed by atoms with van der Waals surface area (Å²) < 4.78 is 5.57. The highest BCUT2D eigenvalue weighted by Crippen LogP contribution is 2.16. The fraction of sp³-hybridized carbons (Fsp3) is 0.300. The molecular formula is C20H22N2O3. The van der Waals surface area contributed by atoms with Crippen LogP contribution >= 0.6 is 0 Å². The number of nitrogens with one attached hydrogen (secondary N) is 1. The van der Waals surface area contributed by atoms with E-state index < -0.39 is 0 Å². The highest BCUT2D eigenvalue weighted by molar-refractivity contribution is 6.05. The van der Waals surface area contributed by atoms with Gasteiger partial charge < -0.3 is 15.0 Å². The molecule has 1 heterocycles. The van der Waals surface area contributed by atoms with Crippen molar-refractivity contribution in [1.82, 2.24) is 4.90 Å². The Bertz CT molecular complexity index is 743. The van der Waals surface area contributed by atoms with E-state index in [2.05, 4.69) is 5.32 Å². The van der Waals surface area contributed by atoms with E-state index >= 15 is 0 Å². The molecule has 0 unspecified atom stereocenters. The Hall–Kier alpha value is -2.66. The SMILES string of the molecule is C[C@@H]1CO[C@@H](C)CN1C(=O)c1ccc(C(=O)Nc2ccccc2)cc1. The van der Waals surface area contributed by atoms with Gasteiger partial charge in [0.15, 0.2) is 0 Å². The molecule has 0 aromatic heterocycles. The second-order valence-corrected chi connectivity index (χ2v) is 6.35. The number of rotatable bonds is 3. The molecule has 2 atom stereocenters. The minimum atomic E-state index is -0.196. The van der Waals surface area contributed by atoms with Gasteiger partial charge in [-0.25, -0.2) is 0 Å². The van der Waals surface area contributed by atoms with Crippen molar-refractivity contribution in [1.29, 1.82) is 0 Å². The molecule has 3 rings (SSSR count). The van der Waals surface area contributed by atoms with Crippen LogP contribution in [0.25, 0.3) is 0 Å². The Morgan fingerprint density at radius 1 is 1.00 bits per heavy atom. The summed E-state index contributed by atoms with van der Waals surface area (Å²) in [5, 5.41) is 2.83. The highest BCUT2D eigenvalue weighted by Gasteiger charge is 2.28. The summed E-state index contributed by atoms with van der Waals surface area (Å²) in [5.41, 5.74) is 1.84. The largest absolute Gasteiger partial charge is 0.375 e. The van der Waals surface area contributed by atoms with Crippen molar-refractivity contribution in [2.75, 3.05) is 18.5 Å². The van der Waals surface area contributed by atoms with Gasteiger partial charge in [-0.3, -0.25) is 9.59 Å². The molecule has 0 aliphatic carbocycles. The molecule has 1 saturated heterocycles. The molecule has 1 fully saturated rings. The van der Waals surface area contributed by atoms with Crippen molar-refractivity contribution in [3.8, 4) is 0 Å². The Balaban J connectivity index is 1.69. The normalized spacial score (nSPS) is 20.2. The molecule has 0 bridgehead atoms. The van der Waals surface area contributed by atoms with E-state index in [1.54, 1.807) is 24.3 Å². The van der Waals surface area contributed by atoms with Crippen LogP contribution in [0.1, 0.15) is 34.6 Å². The van der Waals surface area contributed by atoms with Gasteiger partial charge in [-0.2, -0.15) is 0 Å². The first-order valence-corrected chi connectivity index (χ1v) is 8.43. The van der Waals surface area contributed by atoms with Crippen LogP contribution in [0.3, 0.4) is 0 Å². The smallest absolute Gasteiger partial charge is 0.255 e. The third-order valence-corrected chi connectivity index (χ3v) is 4.29. The van der Waals surface area contributed by atoms with Crippen LogP contribution in [-0.2, 0) is 4.74 Å². The maximum absolute atomic E-state index is 12.7. The van der Waals surface area contributed by atoms with Gasteiger partial charge in [0.1, 0.15) is 0 Å². The fourth-order valence-corrected chi connectivity index (χ4v) is 2.84. The Kier molecular flexibility index (Phi) is 5.14. The molecule has 1 N–H and O–H groups in total. The molecule has 0 saturated carbocycles. The predicted octanol–water partition coefficient (Wildman–Crippen LogP) is 3.19. The third-order valence-electron chi connectivity index (χ3n) is 4.29. The van der Waals surface area contributed by atoms with E-state index in [1.807, 2.05) is 49.1 Å². The first-order valence-electron chi connectivity index (χ1n) is 8.43. The first-order chi connectivity index (χ1) is 12.0. The molecule has 130 valence electrons. The number of amides is 2. The highest BCUT2D eigenvalue weighted by atomic mass is 16.5. The van der Waals surface area contributed by atoms with Gasteiger partial charge in [-0.15, -0.1) is 0 Å². The van der Waals surface area contributed by atoms with E-state index in [1.165, 1.54) is 0 Å². The van der Waals surface area contributed by atoms with Crippen molar-refractivity contribution in [2.24, 2.45) is 0 Å². The number of morpholine rings is 1. The van der Waals surface area contributed by atoms with E-state index in [0.29, 0.717) is 24.3 Å². The summed E-state index contributed by atoms with van der Waals surface area (Å²) in [7, 11) is 0. The second-order valence-electron chi connectivity index (χ2n) is 6.35. The van der Waals surface area contributed by atoms with Crippen molar-refractivity contribution in [3.05, 3.63) is 65.7 Å². The van der Waals surface area contributed by atoms with Crippen LogP contribution in [0.15, 0.2) is 54.6 Å². The van der Waals surface area contributed by atoms with E-state index in [4.69, 9.17) is 4.74 Å². The molecule has 5 nitrogen and oxygen atoms in total. The molecule has 1 aliphatic rings. The lowest BCUT2D eigenvalue weighted by Gasteiger charge is -2.36. The summed E-state index contributed by atoms with van der Waals surface area (Å²) in [6, 6.07) is 16.1. The average Bonchev–Trinajstić information content (AvgIpc) is 2.64. The van der Waals surface area contributed by atoms with Gasteiger partial charge in [0.25, 0.3) is 11.8 Å². The Morgan fingerprint density at radius 2 is 1.64 bits per heavy atom. The van der Waals surface area contributed by atoms with Gasteiger partial charge in [0, 0.05) is 23.4 Å². The number of hydrogen-bond acceptors (Lipinski definition) is 3. The number of ether oxygens (including phenoxy) is 1. The topological polar surface area (TPSA) is 58.6 Å².